The van der Waals surface area contributed by atoms with Gasteiger partial charge in [0.2, 0.25) is 0 Å². The van der Waals surface area contributed by atoms with Crippen molar-refractivity contribution in [1.29, 1.82) is 0 Å². The Morgan fingerprint density at radius 3 is 1.24 bits per heavy atom. The highest BCUT2D eigenvalue weighted by Crippen LogP contribution is 2.15. The van der Waals surface area contributed by atoms with Gasteiger partial charge in [0.05, 0.1) is 34.4 Å². The molecule has 1 N–H and O–H groups in total. The van der Waals surface area contributed by atoms with E-state index in [0.29, 0.717) is 19.3 Å². The minimum atomic E-state index is -0.876. The van der Waals surface area contributed by atoms with Crippen molar-refractivity contribution in [2.75, 3.05) is 41.0 Å². The van der Waals surface area contributed by atoms with Gasteiger partial charge in [-0.25, -0.2) is 4.79 Å². The lowest BCUT2D eigenvalue weighted by atomic mass is 10.0. The number of aliphatic carboxylic acids is 1. The van der Waals surface area contributed by atoms with Crippen LogP contribution < -0.4 is 0 Å². The van der Waals surface area contributed by atoms with Crippen LogP contribution in [0.5, 0.6) is 0 Å². The summed E-state index contributed by atoms with van der Waals surface area (Å²) in [5, 5.41) is 9.65. The molecular weight excluding hydrogens is 787 g/mol. The standard InChI is InChI=1S/C55H99NO7/c1-6-8-10-12-14-16-18-20-22-24-25-26-27-28-29-30-32-34-36-38-40-42-44-46-54(58)63-51(49-61-48-47-52(55(59)60)56(3,4)5)50-62-53(57)45-43-41-39-37-35-33-31-23-21-19-17-15-13-11-9-7-2/h17-20,23-25,31,51-52H,6-16,21-22,26-30,32-50H2,1-5H3/p+1/b19-17-,20-18-,25-24-,31-23-. The fourth-order valence-electron chi connectivity index (χ4n) is 7.62. The van der Waals surface area contributed by atoms with E-state index >= 15 is 0 Å². The molecule has 0 bridgehead atoms. The number of unbranched alkanes of at least 4 members (excludes halogenated alkanes) is 25. The molecule has 2 unspecified atom stereocenters. The first-order valence-electron chi connectivity index (χ1n) is 26.2. The van der Waals surface area contributed by atoms with E-state index in [1.165, 1.54) is 128 Å². The van der Waals surface area contributed by atoms with Gasteiger partial charge in [0.1, 0.15) is 6.61 Å². The topological polar surface area (TPSA) is 99.1 Å². The molecule has 0 aromatic carbocycles. The summed E-state index contributed by atoms with van der Waals surface area (Å²) < 4.78 is 17.3. The van der Waals surface area contributed by atoms with E-state index in [2.05, 4.69) is 62.5 Å². The maximum absolute atomic E-state index is 12.8. The molecule has 8 heteroatoms. The number of carboxylic acid groups (broad SMARTS) is 1. The van der Waals surface area contributed by atoms with Gasteiger partial charge in [-0.1, -0.05) is 184 Å². The van der Waals surface area contributed by atoms with E-state index in [0.717, 1.165) is 70.6 Å². The maximum atomic E-state index is 12.8. The van der Waals surface area contributed by atoms with Gasteiger partial charge in [-0.05, 0) is 77.0 Å². The summed E-state index contributed by atoms with van der Waals surface area (Å²) in [6, 6.07) is -0.618. The zero-order valence-corrected chi connectivity index (χ0v) is 41.8. The van der Waals surface area contributed by atoms with Crippen LogP contribution in [0, 0.1) is 0 Å². The first kappa shape index (κ1) is 60.3. The van der Waals surface area contributed by atoms with Crippen molar-refractivity contribution in [1.82, 2.24) is 0 Å². The molecule has 0 aliphatic carbocycles. The Hall–Kier alpha value is -2.71. The second-order valence-electron chi connectivity index (χ2n) is 18.8. The van der Waals surface area contributed by atoms with E-state index in [1.54, 1.807) is 0 Å². The number of quaternary nitrogens is 1. The number of hydrogen-bond donors (Lipinski definition) is 1. The summed E-state index contributed by atoms with van der Waals surface area (Å²) in [7, 11) is 5.53. The molecule has 0 heterocycles. The van der Waals surface area contributed by atoms with Crippen LogP contribution >= 0.6 is 0 Å². The Morgan fingerprint density at radius 1 is 0.476 bits per heavy atom. The highest BCUT2D eigenvalue weighted by molar-refractivity contribution is 5.72. The molecule has 0 saturated heterocycles. The number of hydrogen-bond acceptors (Lipinski definition) is 6. The summed E-state index contributed by atoms with van der Waals surface area (Å²) in [4.78, 5) is 37.2. The summed E-state index contributed by atoms with van der Waals surface area (Å²) in [5.41, 5.74) is 0. The molecule has 0 aliphatic rings. The first-order valence-corrected chi connectivity index (χ1v) is 26.2. The van der Waals surface area contributed by atoms with Gasteiger partial charge >= 0.3 is 17.9 Å². The van der Waals surface area contributed by atoms with Crippen molar-refractivity contribution in [3.05, 3.63) is 48.6 Å². The van der Waals surface area contributed by atoms with E-state index in [1.807, 2.05) is 21.1 Å². The zero-order valence-electron chi connectivity index (χ0n) is 41.8. The van der Waals surface area contributed by atoms with Crippen LogP contribution in [0.25, 0.3) is 0 Å². The smallest absolute Gasteiger partial charge is 0.362 e. The third kappa shape index (κ3) is 44.3. The molecular formula is C55H100NO7+. The number of nitrogens with zero attached hydrogens (tertiary/aromatic N) is 1. The molecule has 0 fully saturated rings. The van der Waals surface area contributed by atoms with E-state index in [4.69, 9.17) is 14.2 Å². The molecule has 366 valence electrons. The molecule has 0 rings (SSSR count). The van der Waals surface area contributed by atoms with Crippen LogP contribution in [0.3, 0.4) is 0 Å². The van der Waals surface area contributed by atoms with Crippen molar-refractivity contribution in [2.24, 2.45) is 0 Å². The first-order chi connectivity index (χ1) is 30.6. The number of esters is 2. The molecule has 0 radical (unpaired) electrons. The SMILES string of the molecule is CCCCCC/C=C\C/C=C\CCCCCCCC(=O)OCC(COCCC(C(=O)O)[N+](C)(C)C)OC(=O)CCCCCCCCCCCCC/C=C\C/C=C\CCCCCCC. The Kier molecular flexibility index (Phi) is 43.9. The monoisotopic (exact) mass is 887 g/mol. The lowest BCUT2D eigenvalue weighted by Crippen LogP contribution is -2.50. The molecule has 0 aliphatic heterocycles. The summed E-state index contributed by atoms with van der Waals surface area (Å²) in [5.74, 6) is -1.48. The Morgan fingerprint density at radius 2 is 0.841 bits per heavy atom. The predicted molar refractivity (Wildman–Crippen MR) is 266 cm³/mol. The maximum Gasteiger partial charge on any atom is 0.362 e. The quantitative estimate of drug-likeness (QED) is 0.0281. The van der Waals surface area contributed by atoms with Crippen LogP contribution in [0.15, 0.2) is 48.6 Å². The molecule has 0 spiro atoms. The molecule has 0 amide bonds. The van der Waals surface area contributed by atoms with E-state index < -0.39 is 18.1 Å². The minimum absolute atomic E-state index is 0.0561. The Balaban J connectivity index is 4.23. The zero-order chi connectivity index (χ0) is 46.3. The van der Waals surface area contributed by atoms with Crippen LogP contribution in [0.2, 0.25) is 0 Å². The molecule has 2 atom stereocenters. The molecule has 0 saturated carbocycles. The average molecular weight is 887 g/mol. The minimum Gasteiger partial charge on any atom is -0.477 e. The number of ether oxygens (including phenoxy) is 3. The molecule has 0 aromatic rings. The van der Waals surface area contributed by atoms with Gasteiger partial charge < -0.3 is 23.8 Å². The summed E-state index contributed by atoms with van der Waals surface area (Å²) in [6.07, 6.45) is 55.9. The van der Waals surface area contributed by atoms with Crippen molar-refractivity contribution >= 4 is 17.9 Å². The van der Waals surface area contributed by atoms with Crippen LogP contribution in [0.4, 0.5) is 0 Å². The lowest BCUT2D eigenvalue weighted by Gasteiger charge is -2.31. The fourth-order valence-corrected chi connectivity index (χ4v) is 7.62. The van der Waals surface area contributed by atoms with Crippen LogP contribution in [-0.4, -0.2) is 80.6 Å². The summed E-state index contributed by atoms with van der Waals surface area (Å²) in [6.45, 7) is 4.71. The van der Waals surface area contributed by atoms with Gasteiger partial charge in [-0.3, -0.25) is 9.59 Å². The van der Waals surface area contributed by atoms with Crippen molar-refractivity contribution in [3.8, 4) is 0 Å². The van der Waals surface area contributed by atoms with Gasteiger partial charge in [-0.2, -0.15) is 0 Å². The molecule has 0 aromatic heterocycles. The Bertz CT molecular complexity index is 1170. The van der Waals surface area contributed by atoms with Gasteiger partial charge in [0.25, 0.3) is 0 Å². The second kappa shape index (κ2) is 45.8. The van der Waals surface area contributed by atoms with Gasteiger partial charge in [-0.15, -0.1) is 0 Å². The van der Waals surface area contributed by atoms with Crippen molar-refractivity contribution in [2.45, 2.75) is 244 Å². The normalized spacial score (nSPS) is 13.2. The third-order valence-corrected chi connectivity index (χ3v) is 11.7. The lowest BCUT2D eigenvalue weighted by molar-refractivity contribution is -0.887. The summed E-state index contributed by atoms with van der Waals surface area (Å²) >= 11 is 0. The van der Waals surface area contributed by atoms with Crippen LogP contribution in [0.1, 0.15) is 232 Å². The second-order valence-corrected chi connectivity index (χ2v) is 18.8. The third-order valence-electron chi connectivity index (χ3n) is 11.7. The van der Waals surface area contributed by atoms with Crippen molar-refractivity contribution in [3.63, 3.8) is 0 Å². The Labute approximate surface area is 388 Å². The number of likely N-dealkylation sites (N-methyl/N-ethyl adjacent to an activating group) is 1. The number of allylic oxidation sites excluding steroid dienone is 8. The number of rotatable bonds is 47. The molecule has 8 nitrogen and oxygen atoms in total. The number of carbonyl (C=O) groups is 3. The largest absolute Gasteiger partial charge is 0.477 e. The predicted octanol–water partition coefficient (Wildman–Crippen LogP) is 15.1. The van der Waals surface area contributed by atoms with E-state index in [9.17, 15) is 19.5 Å². The van der Waals surface area contributed by atoms with Crippen LogP contribution in [-0.2, 0) is 28.6 Å². The highest BCUT2D eigenvalue weighted by atomic mass is 16.6. The fraction of sp³-hybridized carbons (Fsp3) is 0.800. The van der Waals surface area contributed by atoms with Gasteiger partial charge in [0, 0.05) is 19.3 Å². The highest BCUT2D eigenvalue weighted by Gasteiger charge is 2.31. The number of carbonyl (C=O) groups excluding carboxylic acids is 2. The number of carboxylic acids is 1. The van der Waals surface area contributed by atoms with E-state index in [-0.39, 0.29) is 36.2 Å². The van der Waals surface area contributed by atoms with Crippen molar-refractivity contribution < 1.29 is 38.2 Å². The average Bonchev–Trinajstić information content (AvgIpc) is 3.24. The van der Waals surface area contributed by atoms with Gasteiger partial charge in [0.15, 0.2) is 12.1 Å². The molecule has 63 heavy (non-hydrogen) atoms.